The van der Waals surface area contributed by atoms with Crippen molar-refractivity contribution >= 4 is 0 Å². The van der Waals surface area contributed by atoms with Gasteiger partial charge in [0.2, 0.25) is 0 Å². The highest BCUT2D eigenvalue weighted by Gasteiger charge is 2.06. The molecule has 0 bridgehead atoms. The molecule has 0 aliphatic carbocycles. The lowest BCUT2D eigenvalue weighted by atomic mass is 10.1. The summed E-state index contributed by atoms with van der Waals surface area (Å²) in [5, 5.41) is 0. The number of rotatable bonds is 6. The number of ether oxygens (including phenoxy) is 1. The van der Waals surface area contributed by atoms with Gasteiger partial charge in [-0.05, 0) is 36.2 Å². The molecule has 2 rings (SSSR count). The van der Waals surface area contributed by atoms with Crippen LogP contribution < -0.4 is 4.74 Å². The lowest BCUT2D eigenvalue weighted by molar-refractivity contribution is 0.306. The minimum atomic E-state index is -0.567. The standard InChI is InChI=1S/C17H18F2O/c1-2-3-4-11-20-15-8-5-13(6-9-15)16-10-7-14(18)12-17(16)19/h5-10,12H,2-4,11H2,1H3. The molecule has 0 atom stereocenters. The van der Waals surface area contributed by atoms with Crippen LogP contribution in [0.2, 0.25) is 0 Å². The van der Waals surface area contributed by atoms with Crippen LogP contribution in [0.15, 0.2) is 42.5 Å². The van der Waals surface area contributed by atoms with Gasteiger partial charge in [0.05, 0.1) is 6.61 Å². The summed E-state index contributed by atoms with van der Waals surface area (Å²) < 4.78 is 32.1. The number of benzene rings is 2. The van der Waals surface area contributed by atoms with E-state index in [2.05, 4.69) is 6.92 Å². The Morgan fingerprint density at radius 2 is 1.70 bits per heavy atom. The van der Waals surface area contributed by atoms with Crippen molar-refractivity contribution in [3.05, 3.63) is 54.1 Å². The van der Waals surface area contributed by atoms with Crippen molar-refractivity contribution in [3.63, 3.8) is 0 Å². The lowest BCUT2D eigenvalue weighted by Crippen LogP contribution is -1.96. The van der Waals surface area contributed by atoms with E-state index in [4.69, 9.17) is 4.74 Å². The van der Waals surface area contributed by atoms with Crippen LogP contribution in [-0.2, 0) is 0 Å². The molecule has 0 aromatic heterocycles. The van der Waals surface area contributed by atoms with E-state index < -0.39 is 11.6 Å². The molecule has 0 fully saturated rings. The summed E-state index contributed by atoms with van der Waals surface area (Å²) in [4.78, 5) is 0. The van der Waals surface area contributed by atoms with E-state index >= 15 is 0 Å². The van der Waals surface area contributed by atoms with Crippen molar-refractivity contribution in [1.29, 1.82) is 0 Å². The van der Waals surface area contributed by atoms with E-state index in [1.54, 1.807) is 12.1 Å². The third kappa shape index (κ3) is 3.80. The first-order valence-corrected chi connectivity index (χ1v) is 6.89. The molecule has 0 saturated carbocycles. The largest absolute Gasteiger partial charge is 0.494 e. The van der Waals surface area contributed by atoms with Gasteiger partial charge in [0.25, 0.3) is 0 Å². The molecule has 0 unspecified atom stereocenters. The first-order chi connectivity index (χ1) is 9.70. The Bertz CT molecular complexity index is 549. The highest BCUT2D eigenvalue weighted by molar-refractivity contribution is 5.64. The zero-order valence-electron chi connectivity index (χ0n) is 11.5. The third-order valence-corrected chi connectivity index (χ3v) is 3.11. The normalized spacial score (nSPS) is 10.6. The van der Waals surface area contributed by atoms with E-state index in [0.29, 0.717) is 17.7 Å². The minimum absolute atomic E-state index is 0.393. The minimum Gasteiger partial charge on any atom is -0.494 e. The molecule has 3 heteroatoms. The first-order valence-electron chi connectivity index (χ1n) is 6.89. The maximum absolute atomic E-state index is 13.7. The van der Waals surface area contributed by atoms with Gasteiger partial charge >= 0.3 is 0 Å². The van der Waals surface area contributed by atoms with Crippen LogP contribution in [0.5, 0.6) is 5.75 Å². The van der Waals surface area contributed by atoms with Crippen LogP contribution in [0.1, 0.15) is 26.2 Å². The fourth-order valence-electron chi connectivity index (χ4n) is 2.00. The maximum Gasteiger partial charge on any atom is 0.133 e. The summed E-state index contributed by atoms with van der Waals surface area (Å²) in [5.74, 6) is -0.351. The summed E-state index contributed by atoms with van der Waals surface area (Å²) in [5.41, 5.74) is 1.10. The highest BCUT2D eigenvalue weighted by atomic mass is 19.1. The average Bonchev–Trinajstić information content (AvgIpc) is 2.45. The molecule has 0 saturated heterocycles. The molecule has 0 aliphatic rings. The molecule has 2 aromatic carbocycles. The van der Waals surface area contributed by atoms with Gasteiger partial charge in [-0.3, -0.25) is 0 Å². The van der Waals surface area contributed by atoms with Gasteiger partial charge < -0.3 is 4.74 Å². The molecule has 1 nitrogen and oxygen atoms in total. The zero-order valence-corrected chi connectivity index (χ0v) is 11.5. The molecule has 0 aliphatic heterocycles. The summed E-state index contributed by atoms with van der Waals surface area (Å²) in [6, 6.07) is 10.8. The molecule has 106 valence electrons. The Kier molecular flexibility index (Phi) is 5.10. The lowest BCUT2D eigenvalue weighted by Gasteiger charge is -2.08. The predicted molar refractivity (Wildman–Crippen MR) is 76.8 cm³/mol. The van der Waals surface area contributed by atoms with Crippen molar-refractivity contribution in [2.45, 2.75) is 26.2 Å². The molecular weight excluding hydrogens is 258 g/mol. The quantitative estimate of drug-likeness (QED) is 0.659. The van der Waals surface area contributed by atoms with Crippen LogP contribution in [0.25, 0.3) is 11.1 Å². The summed E-state index contributed by atoms with van der Waals surface area (Å²) in [6.07, 6.45) is 3.34. The zero-order chi connectivity index (χ0) is 14.4. The SMILES string of the molecule is CCCCCOc1ccc(-c2ccc(F)cc2F)cc1. The summed E-state index contributed by atoms with van der Waals surface area (Å²) in [7, 11) is 0. The van der Waals surface area contributed by atoms with Crippen LogP contribution in [0, 0.1) is 11.6 Å². The number of unbranched alkanes of at least 4 members (excludes halogenated alkanes) is 2. The summed E-state index contributed by atoms with van der Waals surface area (Å²) in [6.45, 7) is 2.84. The van der Waals surface area contributed by atoms with Crippen molar-refractivity contribution in [2.24, 2.45) is 0 Å². The number of halogens is 2. The van der Waals surface area contributed by atoms with Gasteiger partial charge in [0.1, 0.15) is 17.4 Å². The fraction of sp³-hybridized carbons (Fsp3) is 0.294. The van der Waals surface area contributed by atoms with Gasteiger partial charge in [-0.1, -0.05) is 31.9 Å². The fourth-order valence-corrected chi connectivity index (χ4v) is 2.00. The van der Waals surface area contributed by atoms with Gasteiger partial charge in [-0.2, -0.15) is 0 Å². The first kappa shape index (κ1) is 14.5. The van der Waals surface area contributed by atoms with Crippen LogP contribution in [0.4, 0.5) is 8.78 Å². The van der Waals surface area contributed by atoms with Gasteiger partial charge in [0.15, 0.2) is 0 Å². The van der Waals surface area contributed by atoms with Crippen LogP contribution >= 0.6 is 0 Å². The smallest absolute Gasteiger partial charge is 0.133 e. The van der Waals surface area contributed by atoms with E-state index in [9.17, 15) is 8.78 Å². The second-order valence-electron chi connectivity index (χ2n) is 4.70. The topological polar surface area (TPSA) is 9.23 Å². The van der Waals surface area contributed by atoms with E-state index in [1.165, 1.54) is 12.1 Å². The molecule has 2 aromatic rings. The van der Waals surface area contributed by atoms with E-state index in [-0.39, 0.29) is 0 Å². The second-order valence-corrected chi connectivity index (χ2v) is 4.70. The Morgan fingerprint density at radius 1 is 0.950 bits per heavy atom. The monoisotopic (exact) mass is 276 g/mol. The third-order valence-electron chi connectivity index (χ3n) is 3.11. The molecule has 0 spiro atoms. The summed E-state index contributed by atoms with van der Waals surface area (Å²) >= 11 is 0. The van der Waals surface area contributed by atoms with E-state index in [1.807, 2.05) is 12.1 Å². The Balaban J connectivity index is 2.04. The second kappa shape index (κ2) is 7.04. The van der Waals surface area contributed by atoms with Crippen molar-refractivity contribution in [3.8, 4) is 16.9 Å². The molecule has 0 heterocycles. The van der Waals surface area contributed by atoms with Gasteiger partial charge in [-0.15, -0.1) is 0 Å². The van der Waals surface area contributed by atoms with Crippen molar-refractivity contribution < 1.29 is 13.5 Å². The maximum atomic E-state index is 13.7. The Labute approximate surface area is 118 Å². The molecular formula is C17H18F2O. The van der Waals surface area contributed by atoms with Gasteiger partial charge in [-0.25, -0.2) is 8.78 Å². The average molecular weight is 276 g/mol. The number of hydrogen-bond donors (Lipinski definition) is 0. The number of hydrogen-bond acceptors (Lipinski definition) is 1. The Morgan fingerprint density at radius 3 is 2.35 bits per heavy atom. The van der Waals surface area contributed by atoms with Crippen LogP contribution in [-0.4, -0.2) is 6.61 Å². The molecule has 0 amide bonds. The highest BCUT2D eigenvalue weighted by Crippen LogP contribution is 2.25. The van der Waals surface area contributed by atoms with Crippen LogP contribution in [0.3, 0.4) is 0 Å². The molecule has 0 radical (unpaired) electrons. The van der Waals surface area contributed by atoms with Crippen molar-refractivity contribution in [1.82, 2.24) is 0 Å². The Hall–Kier alpha value is -1.90. The molecule has 20 heavy (non-hydrogen) atoms. The van der Waals surface area contributed by atoms with E-state index in [0.717, 1.165) is 31.1 Å². The van der Waals surface area contributed by atoms with Gasteiger partial charge in [0, 0.05) is 11.6 Å². The molecule has 0 N–H and O–H groups in total. The van der Waals surface area contributed by atoms with Crippen molar-refractivity contribution in [2.75, 3.05) is 6.61 Å². The predicted octanol–water partition coefficient (Wildman–Crippen LogP) is 5.20.